The van der Waals surface area contributed by atoms with Gasteiger partial charge in [0.15, 0.2) is 11.5 Å². The molecule has 0 atom stereocenters. The molecule has 5 nitrogen and oxygen atoms in total. The molecule has 0 fully saturated rings. The minimum Gasteiger partial charge on any atom is -0.508 e. The first-order valence-corrected chi connectivity index (χ1v) is 7.61. The fourth-order valence-electron chi connectivity index (χ4n) is 2.99. The van der Waals surface area contributed by atoms with Crippen molar-refractivity contribution in [2.24, 2.45) is 0 Å². The van der Waals surface area contributed by atoms with Gasteiger partial charge in [0, 0.05) is 11.6 Å². The van der Waals surface area contributed by atoms with Crippen LogP contribution in [0.5, 0.6) is 5.75 Å². The van der Waals surface area contributed by atoms with Crippen molar-refractivity contribution < 1.29 is 5.11 Å². The molecule has 1 N–H and O–H groups in total. The number of nitrogens with zero attached hydrogens (tertiary/aromatic N) is 4. The van der Waals surface area contributed by atoms with E-state index in [2.05, 4.69) is 34.2 Å². The van der Waals surface area contributed by atoms with E-state index < -0.39 is 0 Å². The van der Waals surface area contributed by atoms with Gasteiger partial charge in [-0.3, -0.25) is 4.40 Å². The fraction of sp³-hybridized carbons (Fsp3) is 0.167. The molecule has 23 heavy (non-hydrogen) atoms. The lowest BCUT2D eigenvalue weighted by Crippen LogP contribution is -1.98. The van der Waals surface area contributed by atoms with Gasteiger partial charge in [0.05, 0.1) is 16.7 Å². The van der Waals surface area contributed by atoms with Crippen LogP contribution in [0.25, 0.3) is 28.1 Å². The molecule has 0 unspecified atom stereocenters. The highest BCUT2D eigenvalue weighted by Gasteiger charge is 2.16. The summed E-state index contributed by atoms with van der Waals surface area (Å²) in [6.07, 6.45) is 0.924. The Balaban J connectivity index is 2.15. The van der Waals surface area contributed by atoms with E-state index in [1.54, 1.807) is 12.1 Å². The lowest BCUT2D eigenvalue weighted by molar-refractivity contribution is 0.476. The van der Waals surface area contributed by atoms with Gasteiger partial charge in [0.1, 0.15) is 5.75 Å². The molecule has 2 aromatic carbocycles. The zero-order valence-corrected chi connectivity index (χ0v) is 13.0. The highest BCUT2D eigenvalue weighted by molar-refractivity contribution is 5.82. The summed E-state index contributed by atoms with van der Waals surface area (Å²) in [5.74, 6) is 1.01. The number of aryl methyl sites for hydroxylation is 2. The average molecular weight is 304 g/mol. The van der Waals surface area contributed by atoms with Crippen molar-refractivity contribution >= 4 is 16.7 Å². The summed E-state index contributed by atoms with van der Waals surface area (Å²) in [4.78, 5) is 4.53. The number of hydrogen-bond acceptors (Lipinski definition) is 4. The Labute approximate surface area is 133 Å². The highest BCUT2D eigenvalue weighted by atomic mass is 16.3. The molecule has 0 amide bonds. The molecule has 114 valence electrons. The maximum atomic E-state index is 9.73. The van der Waals surface area contributed by atoms with Crippen LogP contribution in [-0.4, -0.2) is 24.7 Å². The molecule has 5 heteroatoms. The molecule has 4 aromatic rings. The second-order valence-electron chi connectivity index (χ2n) is 5.56. The van der Waals surface area contributed by atoms with Crippen LogP contribution in [0.2, 0.25) is 0 Å². The first-order chi connectivity index (χ1) is 11.2. The van der Waals surface area contributed by atoms with Crippen molar-refractivity contribution in [3.05, 3.63) is 53.7 Å². The van der Waals surface area contributed by atoms with Gasteiger partial charge in [0.25, 0.3) is 0 Å². The van der Waals surface area contributed by atoms with E-state index in [0.717, 1.165) is 40.2 Å². The van der Waals surface area contributed by atoms with E-state index >= 15 is 0 Å². The van der Waals surface area contributed by atoms with Gasteiger partial charge in [-0.1, -0.05) is 31.2 Å². The summed E-state index contributed by atoms with van der Waals surface area (Å²) in [6, 6.07) is 13.4. The van der Waals surface area contributed by atoms with Crippen LogP contribution < -0.4 is 0 Å². The minimum atomic E-state index is 0.201. The zero-order chi connectivity index (χ0) is 16.0. The maximum absolute atomic E-state index is 9.73. The Morgan fingerprint density at radius 1 is 1.09 bits per heavy atom. The van der Waals surface area contributed by atoms with E-state index in [0.29, 0.717) is 0 Å². The summed E-state index contributed by atoms with van der Waals surface area (Å²) < 4.78 is 2.02. The minimum absolute atomic E-state index is 0.201. The zero-order valence-electron chi connectivity index (χ0n) is 13.0. The van der Waals surface area contributed by atoms with Crippen molar-refractivity contribution in [3.63, 3.8) is 0 Å². The SMILES string of the molecule is CCc1ccccc1-c1nnc2c(C)nc3cc(O)ccc3n12. The van der Waals surface area contributed by atoms with E-state index in [1.807, 2.05) is 29.5 Å². The lowest BCUT2D eigenvalue weighted by Gasteiger charge is -2.09. The third kappa shape index (κ3) is 2.04. The summed E-state index contributed by atoms with van der Waals surface area (Å²) in [7, 11) is 0. The first kappa shape index (κ1) is 13.7. The standard InChI is InChI=1S/C18H16N4O/c1-3-12-6-4-5-7-14(12)18-21-20-17-11(2)19-15-10-13(23)8-9-16(15)22(17)18/h4-10,23H,3H2,1-2H3. The van der Waals surface area contributed by atoms with E-state index in [9.17, 15) is 5.11 Å². The van der Waals surface area contributed by atoms with Crippen molar-refractivity contribution in [1.29, 1.82) is 0 Å². The number of hydrogen-bond donors (Lipinski definition) is 1. The maximum Gasteiger partial charge on any atom is 0.183 e. The van der Waals surface area contributed by atoms with Gasteiger partial charge in [-0.25, -0.2) is 4.98 Å². The Morgan fingerprint density at radius 3 is 2.74 bits per heavy atom. The summed E-state index contributed by atoms with van der Waals surface area (Å²) in [6.45, 7) is 4.04. The Kier molecular flexibility index (Phi) is 3.01. The van der Waals surface area contributed by atoms with Crippen LogP contribution >= 0.6 is 0 Å². The van der Waals surface area contributed by atoms with Crippen LogP contribution in [0.4, 0.5) is 0 Å². The smallest absolute Gasteiger partial charge is 0.183 e. The van der Waals surface area contributed by atoms with Gasteiger partial charge < -0.3 is 5.11 Å². The monoisotopic (exact) mass is 304 g/mol. The van der Waals surface area contributed by atoms with Gasteiger partial charge in [-0.15, -0.1) is 10.2 Å². The molecular formula is C18H16N4O. The van der Waals surface area contributed by atoms with Crippen LogP contribution in [0.1, 0.15) is 18.2 Å². The molecule has 0 aliphatic carbocycles. The molecule has 0 bridgehead atoms. The molecule has 0 aliphatic heterocycles. The molecule has 0 saturated carbocycles. The summed E-state index contributed by atoms with van der Waals surface area (Å²) in [5.41, 5.74) is 5.44. The lowest BCUT2D eigenvalue weighted by atomic mass is 10.0. The summed E-state index contributed by atoms with van der Waals surface area (Å²) in [5, 5.41) is 18.5. The van der Waals surface area contributed by atoms with Crippen molar-refractivity contribution in [2.45, 2.75) is 20.3 Å². The Morgan fingerprint density at radius 2 is 1.91 bits per heavy atom. The van der Waals surface area contributed by atoms with Crippen molar-refractivity contribution in [2.75, 3.05) is 0 Å². The quantitative estimate of drug-likeness (QED) is 0.615. The second kappa shape index (κ2) is 5.05. The number of rotatable bonds is 2. The number of phenols is 1. The van der Waals surface area contributed by atoms with Gasteiger partial charge in [-0.2, -0.15) is 0 Å². The third-order valence-corrected chi connectivity index (χ3v) is 4.11. The van der Waals surface area contributed by atoms with Crippen LogP contribution in [-0.2, 0) is 6.42 Å². The second-order valence-corrected chi connectivity index (χ2v) is 5.56. The highest BCUT2D eigenvalue weighted by Crippen LogP contribution is 2.28. The molecule has 4 rings (SSSR count). The number of fused-ring (bicyclic) bond motifs is 3. The van der Waals surface area contributed by atoms with Crippen molar-refractivity contribution in [1.82, 2.24) is 19.6 Å². The van der Waals surface area contributed by atoms with Gasteiger partial charge in [0.2, 0.25) is 0 Å². The topological polar surface area (TPSA) is 63.3 Å². The van der Waals surface area contributed by atoms with E-state index in [-0.39, 0.29) is 5.75 Å². The largest absolute Gasteiger partial charge is 0.508 e. The molecular weight excluding hydrogens is 288 g/mol. The predicted molar refractivity (Wildman–Crippen MR) is 89.5 cm³/mol. The Hall–Kier alpha value is -2.95. The van der Waals surface area contributed by atoms with E-state index in [1.165, 1.54) is 5.56 Å². The first-order valence-electron chi connectivity index (χ1n) is 7.61. The average Bonchev–Trinajstić information content (AvgIpc) is 3.00. The number of aromatic hydroxyl groups is 1. The van der Waals surface area contributed by atoms with Crippen LogP contribution in [0.3, 0.4) is 0 Å². The molecule has 0 aliphatic rings. The fourth-order valence-corrected chi connectivity index (χ4v) is 2.99. The summed E-state index contributed by atoms with van der Waals surface area (Å²) >= 11 is 0. The van der Waals surface area contributed by atoms with Crippen LogP contribution in [0, 0.1) is 6.92 Å². The van der Waals surface area contributed by atoms with Crippen molar-refractivity contribution in [3.8, 4) is 17.1 Å². The number of phenolic OH excluding ortho intramolecular Hbond substituents is 1. The molecule has 0 saturated heterocycles. The molecule has 0 spiro atoms. The number of benzene rings is 2. The molecule has 2 heterocycles. The molecule has 2 aromatic heterocycles. The van der Waals surface area contributed by atoms with Gasteiger partial charge >= 0.3 is 0 Å². The normalized spacial score (nSPS) is 11.4. The molecule has 0 radical (unpaired) electrons. The van der Waals surface area contributed by atoms with Gasteiger partial charge in [-0.05, 0) is 31.0 Å². The van der Waals surface area contributed by atoms with Crippen LogP contribution in [0.15, 0.2) is 42.5 Å². The van der Waals surface area contributed by atoms with E-state index in [4.69, 9.17) is 0 Å². The number of aromatic nitrogens is 4. The Bertz CT molecular complexity index is 1040. The predicted octanol–water partition coefficient (Wildman–Crippen LogP) is 3.52. The third-order valence-electron chi connectivity index (χ3n) is 4.11.